The summed E-state index contributed by atoms with van der Waals surface area (Å²) < 4.78 is 0. The number of hydrogen-bond acceptors (Lipinski definition) is 3. The van der Waals surface area contributed by atoms with Gasteiger partial charge in [0.1, 0.15) is 0 Å². The van der Waals surface area contributed by atoms with E-state index in [2.05, 4.69) is 5.32 Å². The molecule has 0 aliphatic heterocycles. The van der Waals surface area contributed by atoms with E-state index in [1.54, 1.807) is 6.07 Å². The number of carbonyl (C=O) groups is 1. The van der Waals surface area contributed by atoms with Crippen molar-refractivity contribution in [1.29, 1.82) is 0 Å². The van der Waals surface area contributed by atoms with Gasteiger partial charge < -0.3 is 16.2 Å². The molecule has 1 aliphatic rings. The summed E-state index contributed by atoms with van der Waals surface area (Å²) in [5, 5.41) is 12.4. The summed E-state index contributed by atoms with van der Waals surface area (Å²) in [6, 6.07) is 5.39. The fraction of sp³-hybridized carbons (Fsp3) is 0.533. The van der Waals surface area contributed by atoms with Gasteiger partial charge in [-0.3, -0.25) is 4.79 Å². The number of hydrogen-bond donors (Lipinski definition) is 3. The molecule has 1 saturated carbocycles. The predicted molar refractivity (Wildman–Crippen MR) is 75.9 cm³/mol. The fourth-order valence-electron chi connectivity index (χ4n) is 2.63. The van der Waals surface area contributed by atoms with Crippen molar-refractivity contribution in [3.05, 3.63) is 29.3 Å². The number of carbonyl (C=O) groups excluding carboxylic acids is 1. The number of rotatable bonds is 3. The zero-order valence-corrected chi connectivity index (χ0v) is 11.4. The van der Waals surface area contributed by atoms with Gasteiger partial charge in [0.15, 0.2) is 0 Å². The summed E-state index contributed by atoms with van der Waals surface area (Å²) in [5.41, 5.74) is 7.97. The van der Waals surface area contributed by atoms with Gasteiger partial charge in [-0.2, -0.15) is 0 Å². The van der Waals surface area contributed by atoms with E-state index in [1.807, 2.05) is 19.1 Å². The minimum atomic E-state index is -0.150. The average molecular weight is 262 g/mol. The topological polar surface area (TPSA) is 75.4 Å². The van der Waals surface area contributed by atoms with Gasteiger partial charge in [0.2, 0.25) is 0 Å². The molecule has 0 atom stereocenters. The van der Waals surface area contributed by atoms with E-state index in [1.165, 1.54) is 0 Å². The molecule has 1 amide bonds. The third kappa shape index (κ3) is 3.96. The molecule has 0 saturated heterocycles. The lowest BCUT2D eigenvalue weighted by Crippen LogP contribution is -2.32. The second-order valence-corrected chi connectivity index (χ2v) is 5.52. The van der Waals surface area contributed by atoms with Crippen molar-refractivity contribution in [2.45, 2.75) is 38.7 Å². The number of aryl methyl sites for hydroxylation is 1. The highest BCUT2D eigenvalue weighted by Gasteiger charge is 2.19. The van der Waals surface area contributed by atoms with Crippen molar-refractivity contribution in [3.63, 3.8) is 0 Å². The molecular weight excluding hydrogens is 240 g/mol. The van der Waals surface area contributed by atoms with Crippen LogP contribution in [-0.2, 0) is 0 Å². The summed E-state index contributed by atoms with van der Waals surface area (Å²) in [4.78, 5) is 12.0. The lowest BCUT2D eigenvalue weighted by molar-refractivity contribution is 0.0910. The third-order valence-electron chi connectivity index (χ3n) is 3.73. The highest BCUT2D eigenvalue weighted by atomic mass is 16.3. The van der Waals surface area contributed by atoms with Crippen LogP contribution in [0.1, 0.15) is 41.6 Å². The molecule has 0 aromatic heterocycles. The molecule has 1 aromatic carbocycles. The minimum absolute atomic E-state index is 0.0680. The molecule has 1 fully saturated rings. The normalized spacial score (nSPS) is 23.1. The Balaban J connectivity index is 1.87. The van der Waals surface area contributed by atoms with Crippen molar-refractivity contribution >= 4 is 11.6 Å². The monoisotopic (exact) mass is 262 g/mol. The van der Waals surface area contributed by atoms with E-state index in [-0.39, 0.29) is 12.0 Å². The van der Waals surface area contributed by atoms with Crippen molar-refractivity contribution in [1.82, 2.24) is 5.32 Å². The maximum absolute atomic E-state index is 12.0. The molecule has 4 nitrogen and oxygen atoms in total. The summed E-state index contributed by atoms with van der Waals surface area (Å²) in [5.74, 6) is 0.413. The lowest BCUT2D eigenvalue weighted by Gasteiger charge is -2.25. The SMILES string of the molecule is Cc1cc(N)cc(C(=O)NCC2CCC(O)CC2)c1. The predicted octanol–water partition coefficient (Wildman–Crippen LogP) is 1.86. The van der Waals surface area contributed by atoms with Crippen LogP contribution in [0.4, 0.5) is 5.69 Å². The Morgan fingerprint density at radius 1 is 1.32 bits per heavy atom. The molecule has 0 bridgehead atoms. The van der Waals surface area contributed by atoms with Crippen LogP contribution in [0.5, 0.6) is 0 Å². The van der Waals surface area contributed by atoms with E-state index >= 15 is 0 Å². The third-order valence-corrected chi connectivity index (χ3v) is 3.73. The number of aliphatic hydroxyl groups is 1. The van der Waals surface area contributed by atoms with Crippen molar-refractivity contribution in [2.75, 3.05) is 12.3 Å². The number of nitrogens with one attached hydrogen (secondary N) is 1. The minimum Gasteiger partial charge on any atom is -0.399 e. The standard InChI is InChI=1S/C15H22N2O2/c1-10-6-12(8-13(16)7-10)15(19)17-9-11-2-4-14(18)5-3-11/h6-8,11,14,18H,2-5,9,16H2,1H3,(H,17,19). The quantitative estimate of drug-likeness (QED) is 0.728. The molecule has 4 heteroatoms. The zero-order valence-electron chi connectivity index (χ0n) is 11.4. The summed E-state index contributed by atoms with van der Waals surface area (Å²) in [7, 11) is 0. The van der Waals surface area contributed by atoms with Gasteiger partial charge in [0, 0.05) is 17.8 Å². The molecular formula is C15H22N2O2. The van der Waals surface area contributed by atoms with E-state index in [9.17, 15) is 9.90 Å². The molecule has 19 heavy (non-hydrogen) atoms. The number of anilines is 1. The van der Waals surface area contributed by atoms with Crippen molar-refractivity contribution in [2.24, 2.45) is 5.92 Å². The summed E-state index contributed by atoms with van der Waals surface area (Å²) in [6.45, 7) is 2.61. The van der Waals surface area contributed by atoms with Crippen LogP contribution in [0.2, 0.25) is 0 Å². The smallest absolute Gasteiger partial charge is 0.251 e. The largest absolute Gasteiger partial charge is 0.399 e. The number of nitrogens with two attached hydrogens (primary N) is 1. The molecule has 1 aromatic rings. The lowest BCUT2D eigenvalue weighted by atomic mass is 9.87. The number of amides is 1. The van der Waals surface area contributed by atoms with Crippen molar-refractivity contribution < 1.29 is 9.90 Å². The van der Waals surface area contributed by atoms with E-state index in [0.717, 1.165) is 31.2 Å². The number of benzene rings is 1. The van der Waals surface area contributed by atoms with Gasteiger partial charge in [-0.25, -0.2) is 0 Å². The van der Waals surface area contributed by atoms with Gasteiger partial charge in [-0.15, -0.1) is 0 Å². The van der Waals surface area contributed by atoms with Crippen LogP contribution in [0.3, 0.4) is 0 Å². The van der Waals surface area contributed by atoms with Crippen LogP contribution >= 0.6 is 0 Å². The number of aliphatic hydroxyl groups excluding tert-OH is 1. The van der Waals surface area contributed by atoms with Gasteiger partial charge in [-0.05, 0) is 62.3 Å². The van der Waals surface area contributed by atoms with Gasteiger partial charge in [0.05, 0.1) is 6.10 Å². The first-order valence-corrected chi connectivity index (χ1v) is 6.88. The Morgan fingerprint density at radius 3 is 2.63 bits per heavy atom. The molecule has 2 rings (SSSR count). The van der Waals surface area contributed by atoms with Crippen LogP contribution in [-0.4, -0.2) is 23.7 Å². The molecule has 1 aliphatic carbocycles. The Kier molecular flexibility index (Phi) is 4.43. The van der Waals surface area contributed by atoms with Gasteiger partial charge >= 0.3 is 0 Å². The maximum atomic E-state index is 12.0. The Morgan fingerprint density at radius 2 is 2.00 bits per heavy atom. The molecule has 0 spiro atoms. The molecule has 104 valence electrons. The average Bonchev–Trinajstić information content (AvgIpc) is 2.36. The van der Waals surface area contributed by atoms with Crippen LogP contribution in [0.15, 0.2) is 18.2 Å². The first-order valence-electron chi connectivity index (χ1n) is 6.88. The summed E-state index contributed by atoms with van der Waals surface area (Å²) >= 11 is 0. The Labute approximate surface area is 114 Å². The summed E-state index contributed by atoms with van der Waals surface area (Å²) in [6.07, 6.45) is 3.51. The van der Waals surface area contributed by atoms with Crippen LogP contribution < -0.4 is 11.1 Å². The molecule has 4 N–H and O–H groups in total. The maximum Gasteiger partial charge on any atom is 0.251 e. The van der Waals surface area contributed by atoms with Crippen LogP contribution in [0, 0.1) is 12.8 Å². The van der Waals surface area contributed by atoms with E-state index < -0.39 is 0 Å². The first kappa shape index (κ1) is 13.9. The van der Waals surface area contributed by atoms with E-state index in [0.29, 0.717) is 23.7 Å². The zero-order chi connectivity index (χ0) is 13.8. The second kappa shape index (κ2) is 6.06. The highest BCUT2D eigenvalue weighted by molar-refractivity contribution is 5.95. The van der Waals surface area contributed by atoms with Gasteiger partial charge in [0.25, 0.3) is 5.91 Å². The molecule has 0 heterocycles. The number of nitrogen functional groups attached to an aromatic ring is 1. The fourth-order valence-corrected chi connectivity index (χ4v) is 2.63. The van der Waals surface area contributed by atoms with E-state index in [4.69, 9.17) is 5.73 Å². The van der Waals surface area contributed by atoms with Crippen molar-refractivity contribution in [3.8, 4) is 0 Å². The highest BCUT2D eigenvalue weighted by Crippen LogP contribution is 2.23. The van der Waals surface area contributed by atoms with Crippen LogP contribution in [0.25, 0.3) is 0 Å². The first-order chi connectivity index (χ1) is 9.04. The molecule has 0 radical (unpaired) electrons. The Bertz CT molecular complexity index is 431. The molecule has 0 unspecified atom stereocenters. The van der Waals surface area contributed by atoms with Gasteiger partial charge in [-0.1, -0.05) is 0 Å². The second-order valence-electron chi connectivity index (χ2n) is 5.52. The Hall–Kier alpha value is -1.55.